The van der Waals surface area contributed by atoms with Gasteiger partial charge < -0.3 is 19.5 Å². The summed E-state index contributed by atoms with van der Waals surface area (Å²) in [5.41, 5.74) is 1.59. The Hall–Kier alpha value is -2.22. The van der Waals surface area contributed by atoms with E-state index in [1.54, 1.807) is 12.5 Å². The average molecular weight is 288 g/mol. The molecule has 0 aromatic carbocycles. The molecule has 2 aliphatic rings. The second-order valence-corrected chi connectivity index (χ2v) is 5.49. The summed E-state index contributed by atoms with van der Waals surface area (Å²) in [6.07, 6.45) is 4.46. The van der Waals surface area contributed by atoms with Crippen molar-refractivity contribution in [3.05, 3.63) is 12.5 Å². The third-order valence-corrected chi connectivity index (χ3v) is 4.08. The Kier molecular flexibility index (Phi) is 2.78. The number of imidazole rings is 1. The fourth-order valence-electron chi connectivity index (χ4n) is 2.94. The highest BCUT2D eigenvalue weighted by atomic mass is 16.5. The van der Waals surface area contributed by atoms with E-state index in [1.807, 2.05) is 11.6 Å². The van der Waals surface area contributed by atoms with Crippen LogP contribution >= 0.6 is 0 Å². The molecule has 2 atom stereocenters. The van der Waals surface area contributed by atoms with Crippen molar-refractivity contribution < 1.29 is 9.53 Å². The molecule has 2 aromatic heterocycles. The van der Waals surface area contributed by atoms with Crippen LogP contribution in [0.2, 0.25) is 0 Å². The van der Waals surface area contributed by atoms with Crippen LogP contribution in [0.5, 0.6) is 0 Å². The summed E-state index contributed by atoms with van der Waals surface area (Å²) >= 11 is 0. The van der Waals surface area contributed by atoms with Crippen molar-refractivity contribution in [3.8, 4) is 0 Å². The Morgan fingerprint density at radius 1 is 1.43 bits per heavy atom. The number of aromatic nitrogens is 4. The van der Waals surface area contributed by atoms with Gasteiger partial charge in [-0.2, -0.15) is 4.98 Å². The number of fused-ring (bicyclic) bond motifs is 2. The standard InChI is InChI=1S/C13H16N6O2/c1-18-7-15-12-9(18)4-14-13(17-12)19-3-2-10-8(5-19)16-11(20)6-21-10/h4,7-8,10H,2-3,5-6H2,1H3,(H,16,20)/t8-,10+/m0/s1. The van der Waals surface area contributed by atoms with Gasteiger partial charge in [-0.05, 0) is 6.42 Å². The van der Waals surface area contributed by atoms with Crippen molar-refractivity contribution in [3.63, 3.8) is 0 Å². The fraction of sp³-hybridized carbons (Fsp3) is 0.538. The summed E-state index contributed by atoms with van der Waals surface area (Å²) in [6.45, 7) is 1.64. The number of anilines is 1. The zero-order valence-corrected chi connectivity index (χ0v) is 11.7. The van der Waals surface area contributed by atoms with Gasteiger partial charge in [-0.1, -0.05) is 0 Å². The van der Waals surface area contributed by atoms with Crippen LogP contribution in [0.25, 0.3) is 11.2 Å². The average Bonchev–Trinajstić information content (AvgIpc) is 2.87. The maximum absolute atomic E-state index is 11.4. The molecule has 8 nitrogen and oxygen atoms in total. The van der Waals surface area contributed by atoms with E-state index in [2.05, 4.69) is 25.2 Å². The van der Waals surface area contributed by atoms with Gasteiger partial charge in [0.15, 0.2) is 5.65 Å². The first-order valence-corrected chi connectivity index (χ1v) is 7.01. The predicted octanol–water partition coefficient (Wildman–Crippen LogP) is -0.543. The van der Waals surface area contributed by atoms with E-state index in [0.29, 0.717) is 18.1 Å². The molecule has 0 unspecified atom stereocenters. The third-order valence-electron chi connectivity index (χ3n) is 4.08. The van der Waals surface area contributed by atoms with Gasteiger partial charge in [0.1, 0.15) is 12.1 Å². The number of piperidine rings is 1. The van der Waals surface area contributed by atoms with Crippen LogP contribution < -0.4 is 10.2 Å². The van der Waals surface area contributed by atoms with E-state index in [-0.39, 0.29) is 24.7 Å². The number of ether oxygens (including phenoxy) is 1. The van der Waals surface area contributed by atoms with E-state index < -0.39 is 0 Å². The molecule has 2 aromatic rings. The maximum atomic E-state index is 11.4. The number of nitrogens with zero attached hydrogens (tertiary/aromatic N) is 5. The number of rotatable bonds is 1. The van der Waals surface area contributed by atoms with Crippen LogP contribution in [0.4, 0.5) is 5.95 Å². The summed E-state index contributed by atoms with van der Waals surface area (Å²) in [6, 6.07) is 0.00281. The first-order valence-electron chi connectivity index (χ1n) is 7.01. The molecule has 4 rings (SSSR count). The lowest BCUT2D eigenvalue weighted by atomic mass is 10.0. The largest absolute Gasteiger partial charge is 0.366 e. The number of amides is 1. The van der Waals surface area contributed by atoms with Gasteiger partial charge in [0.25, 0.3) is 0 Å². The molecule has 4 heterocycles. The van der Waals surface area contributed by atoms with Crippen molar-refractivity contribution in [1.29, 1.82) is 0 Å². The number of morpholine rings is 1. The molecule has 0 saturated carbocycles. The first kappa shape index (κ1) is 12.5. The molecule has 21 heavy (non-hydrogen) atoms. The molecule has 1 N–H and O–H groups in total. The molecule has 2 saturated heterocycles. The minimum atomic E-state index is -0.0563. The number of hydrogen-bond acceptors (Lipinski definition) is 6. The lowest BCUT2D eigenvalue weighted by Crippen LogP contribution is -2.60. The lowest BCUT2D eigenvalue weighted by molar-refractivity contribution is -0.137. The van der Waals surface area contributed by atoms with Gasteiger partial charge in [0, 0.05) is 20.1 Å². The van der Waals surface area contributed by atoms with Gasteiger partial charge in [-0.25, -0.2) is 9.97 Å². The quantitative estimate of drug-likeness (QED) is 0.758. The topological polar surface area (TPSA) is 85.2 Å². The van der Waals surface area contributed by atoms with Gasteiger partial charge >= 0.3 is 0 Å². The number of nitrogens with one attached hydrogen (secondary N) is 1. The van der Waals surface area contributed by atoms with Gasteiger partial charge in [0.05, 0.1) is 24.7 Å². The molecule has 0 aliphatic carbocycles. The zero-order valence-electron chi connectivity index (χ0n) is 11.7. The molecule has 0 bridgehead atoms. The van der Waals surface area contributed by atoms with E-state index in [1.165, 1.54) is 0 Å². The van der Waals surface area contributed by atoms with Crippen LogP contribution in [-0.4, -0.2) is 57.3 Å². The summed E-state index contributed by atoms with van der Waals surface area (Å²) in [4.78, 5) is 26.7. The van der Waals surface area contributed by atoms with Crippen LogP contribution in [-0.2, 0) is 16.6 Å². The highest BCUT2D eigenvalue weighted by molar-refractivity contribution is 5.78. The fourth-order valence-corrected chi connectivity index (χ4v) is 2.94. The monoisotopic (exact) mass is 288 g/mol. The Balaban J connectivity index is 1.58. The second-order valence-electron chi connectivity index (χ2n) is 5.49. The van der Waals surface area contributed by atoms with Gasteiger partial charge in [0.2, 0.25) is 11.9 Å². The summed E-state index contributed by atoms with van der Waals surface area (Å²) in [7, 11) is 1.92. The molecular weight excluding hydrogens is 272 g/mol. The Morgan fingerprint density at radius 3 is 3.24 bits per heavy atom. The maximum Gasteiger partial charge on any atom is 0.246 e. The van der Waals surface area contributed by atoms with E-state index in [9.17, 15) is 4.79 Å². The van der Waals surface area contributed by atoms with E-state index in [0.717, 1.165) is 18.5 Å². The Bertz CT molecular complexity index is 699. The number of carbonyl (C=O) groups is 1. The normalized spacial score (nSPS) is 25.8. The highest BCUT2D eigenvalue weighted by Crippen LogP contribution is 2.21. The number of hydrogen-bond donors (Lipinski definition) is 1. The molecule has 2 aliphatic heterocycles. The van der Waals surface area contributed by atoms with Crippen molar-refractivity contribution in [1.82, 2.24) is 24.8 Å². The van der Waals surface area contributed by atoms with Gasteiger partial charge in [-0.15, -0.1) is 0 Å². The van der Waals surface area contributed by atoms with Crippen molar-refractivity contribution >= 4 is 23.0 Å². The minimum Gasteiger partial charge on any atom is -0.366 e. The summed E-state index contributed by atoms with van der Waals surface area (Å²) in [5.74, 6) is 0.596. The molecule has 0 spiro atoms. The Morgan fingerprint density at radius 2 is 2.33 bits per heavy atom. The molecule has 0 radical (unpaired) electrons. The second kappa shape index (κ2) is 4.66. The molecule has 8 heteroatoms. The van der Waals surface area contributed by atoms with E-state index in [4.69, 9.17) is 4.74 Å². The Labute approximate surface area is 121 Å². The van der Waals surface area contributed by atoms with Crippen LogP contribution in [0.3, 0.4) is 0 Å². The van der Waals surface area contributed by atoms with Crippen molar-refractivity contribution in [2.24, 2.45) is 7.05 Å². The first-order chi connectivity index (χ1) is 10.2. The number of carbonyl (C=O) groups excluding carboxylic acids is 1. The van der Waals surface area contributed by atoms with Crippen LogP contribution in [0, 0.1) is 0 Å². The smallest absolute Gasteiger partial charge is 0.246 e. The van der Waals surface area contributed by atoms with Gasteiger partial charge in [-0.3, -0.25) is 4.79 Å². The minimum absolute atomic E-state index is 0.00281. The summed E-state index contributed by atoms with van der Waals surface area (Å²) in [5, 5.41) is 2.98. The van der Waals surface area contributed by atoms with Crippen molar-refractivity contribution in [2.75, 3.05) is 24.6 Å². The summed E-state index contributed by atoms with van der Waals surface area (Å²) < 4.78 is 7.45. The van der Waals surface area contributed by atoms with Crippen LogP contribution in [0.15, 0.2) is 12.5 Å². The molecule has 110 valence electrons. The zero-order chi connectivity index (χ0) is 14.4. The predicted molar refractivity (Wildman–Crippen MR) is 74.8 cm³/mol. The third kappa shape index (κ3) is 2.11. The lowest BCUT2D eigenvalue weighted by Gasteiger charge is -2.40. The SMILES string of the molecule is Cn1cnc2nc(N3CC[C@H]4OCC(=O)N[C@H]4C3)ncc21. The number of aryl methyl sites for hydroxylation is 1. The molecular formula is C13H16N6O2. The van der Waals surface area contributed by atoms with E-state index >= 15 is 0 Å². The molecule has 1 amide bonds. The highest BCUT2D eigenvalue weighted by Gasteiger charge is 2.35. The van der Waals surface area contributed by atoms with Crippen molar-refractivity contribution in [2.45, 2.75) is 18.6 Å². The molecule has 2 fully saturated rings. The van der Waals surface area contributed by atoms with Crippen LogP contribution in [0.1, 0.15) is 6.42 Å².